The molecule has 0 fully saturated rings. The van der Waals surface area contributed by atoms with Gasteiger partial charge in [0.1, 0.15) is 11.9 Å². The van der Waals surface area contributed by atoms with Crippen molar-refractivity contribution in [3.05, 3.63) is 34.1 Å². The highest BCUT2D eigenvalue weighted by Gasteiger charge is 2.32. The molecule has 5 nitrogen and oxygen atoms in total. The van der Waals surface area contributed by atoms with E-state index in [1.807, 2.05) is 0 Å². The molecule has 1 aromatic rings. The van der Waals surface area contributed by atoms with Gasteiger partial charge in [0.2, 0.25) is 0 Å². The average molecular weight is 218 g/mol. The summed E-state index contributed by atoms with van der Waals surface area (Å²) in [5.41, 5.74) is -0.930. The molecule has 0 atom stereocenters. The Hall–Kier alpha value is -1.63. The van der Waals surface area contributed by atoms with Crippen molar-refractivity contribution in [3.63, 3.8) is 0 Å². The van der Waals surface area contributed by atoms with Crippen LogP contribution in [0.5, 0.6) is 0 Å². The molecule has 0 radical (unpaired) electrons. The van der Waals surface area contributed by atoms with Gasteiger partial charge in [0.05, 0.1) is 4.92 Å². The number of hydrogen-bond donors (Lipinski definition) is 1. The lowest BCUT2D eigenvalue weighted by Gasteiger charge is -2.13. The van der Waals surface area contributed by atoms with Crippen LogP contribution in [0.4, 0.5) is 14.5 Å². The van der Waals surface area contributed by atoms with Gasteiger partial charge in [-0.25, -0.2) is 4.98 Å². The fourth-order valence-corrected chi connectivity index (χ4v) is 0.979. The molecule has 15 heavy (non-hydrogen) atoms. The summed E-state index contributed by atoms with van der Waals surface area (Å²) in [6.07, 6.45) is 0.0123. The van der Waals surface area contributed by atoms with Crippen molar-refractivity contribution < 1.29 is 18.8 Å². The third-order valence-corrected chi connectivity index (χ3v) is 1.76. The molecule has 0 aromatic carbocycles. The van der Waals surface area contributed by atoms with E-state index in [1.165, 1.54) is 0 Å². The smallest absolute Gasteiger partial charge is 0.291 e. The lowest BCUT2D eigenvalue weighted by atomic mass is 10.1. The minimum absolute atomic E-state index is 0.349. The zero-order chi connectivity index (χ0) is 11.5. The highest BCUT2D eigenvalue weighted by molar-refractivity contribution is 5.28. The summed E-state index contributed by atoms with van der Waals surface area (Å²) in [5, 5.41) is 18.6. The van der Waals surface area contributed by atoms with Gasteiger partial charge in [-0.05, 0) is 6.07 Å². The summed E-state index contributed by atoms with van der Waals surface area (Å²) >= 11 is 0. The van der Waals surface area contributed by atoms with Gasteiger partial charge < -0.3 is 5.11 Å². The molecule has 82 valence electrons. The quantitative estimate of drug-likeness (QED) is 0.613. The van der Waals surface area contributed by atoms with Crippen molar-refractivity contribution in [2.45, 2.75) is 12.3 Å². The number of halogens is 2. The molecule has 1 N–H and O–H groups in total. The van der Waals surface area contributed by atoms with Crippen LogP contribution in [0, 0.1) is 10.1 Å². The standard InChI is InChI=1S/C8H8F2N2O3/c9-8(10,3-4-13)7-2-1-6(5-11-7)12(14)15/h1-2,5,13H,3-4H2. The zero-order valence-corrected chi connectivity index (χ0v) is 7.56. The monoisotopic (exact) mass is 218 g/mol. The summed E-state index contributed by atoms with van der Waals surface area (Å²) in [5.74, 6) is -3.26. The van der Waals surface area contributed by atoms with E-state index in [1.54, 1.807) is 0 Å². The minimum Gasteiger partial charge on any atom is -0.396 e. The number of aliphatic hydroxyl groups is 1. The van der Waals surface area contributed by atoms with Gasteiger partial charge >= 0.3 is 0 Å². The van der Waals surface area contributed by atoms with E-state index in [4.69, 9.17) is 5.11 Å². The molecule has 0 bridgehead atoms. The van der Waals surface area contributed by atoms with E-state index >= 15 is 0 Å². The Kier molecular flexibility index (Phi) is 3.25. The molecule has 1 aromatic heterocycles. The van der Waals surface area contributed by atoms with Gasteiger partial charge in [0.15, 0.2) is 0 Å². The van der Waals surface area contributed by atoms with Gasteiger partial charge in [0, 0.05) is 19.1 Å². The number of hydrogen-bond acceptors (Lipinski definition) is 4. The molecule has 0 aliphatic heterocycles. The molecule has 0 spiro atoms. The number of alkyl halides is 2. The van der Waals surface area contributed by atoms with Crippen molar-refractivity contribution in [2.24, 2.45) is 0 Å². The normalized spacial score (nSPS) is 11.4. The summed E-state index contributed by atoms with van der Waals surface area (Å²) < 4.78 is 26.2. The van der Waals surface area contributed by atoms with Crippen molar-refractivity contribution >= 4 is 5.69 Å². The highest BCUT2D eigenvalue weighted by Crippen LogP contribution is 2.30. The lowest BCUT2D eigenvalue weighted by molar-refractivity contribution is -0.385. The maximum atomic E-state index is 13.1. The first kappa shape index (κ1) is 11.4. The first-order chi connectivity index (χ1) is 6.97. The largest absolute Gasteiger partial charge is 0.396 e. The Morgan fingerprint density at radius 1 is 1.53 bits per heavy atom. The fraction of sp³-hybridized carbons (Fsp3) is 0.375. The highest BCUT2D eigenvalue weighted by atomic mass is 19.3. The number of nitro groups is 1. The third-order valence-electron chi connectivity index (χ3n) is 1.76. The van der Waals surface area contributed by atoms with Gasteiger partial charge in [-0.1, -0.05) is 0 Å². The second kappa shape index (κ2) is 4.26. The van der Waals surface area contributed by atoms with Gasteiger partial charge in [-0.15, -0.1) is 0 Å². The Bertz CT molecular complexity index is 353. The van der Waals surface area contributed by atoms with Crippen molar-refractivity contribution in [3.8, 4) is 0 Å². The SMILES string of the molecule is O=[N+]([O-])c1ccc(C(F)(F)CCO)nc1. The van der Waals surface area contributed by atoms with Gasteiger partial charge in [-0.2, -0.15) is 8.78 Å². The molecular formula is C8H8F2N2O3. The van der Waals surface area contributed by atoms with Crippen LogP contribution in [0.15, 0.2) is 18.3 Å². The second-order valence-electron chi connectivity index (χ2n) is 2.84. The average Bonchev–Trinajstić information content (AvgIpc) is 2.18. The molecule has 0 saturated carbocycles. The lowest BCUT2D eigenvalue weighted by Crippen LogP contribution is -2.16. The molecule has 0 unspecified atom stereocenters. The topological polar surface area (TPSA) is 76.3 Å². The first-order valence-corrected chi connectivity index (χ1v) is 4.07. The van der Waals surface area contributed by atoms with Gasteiger partial charge in [-0.3, -0.25) is 10.1 Å². The van der Waals surface area contributed by atoms with E-state index < -0.39 is 29.6 Å². The number of aliphatic hydroxyl groups excluding tert-OH is 1. The van der Waals surface area contributed by atoms with Crippen LogP contribution in [0.25, 0.3) is 0 Å². The zero-order valence-electron chi connectivity index (χ0n) is 7.56. The minimum atomic E-state index is -3.26. The van der Waals surface area contributed by atoms with E-state index in [-0.39, 0.29) is 5.69 Å². The van der Waals surface area contributed by atoms with Crippen molar-refractivity contribution in [2.75, 3.05) is 6.61 Å². The molecule has 7 heteroatoms. The molecule has 0 amide bonds. The Labute approximate surface area is 83.5 Å². The molecule has 1 heterocycles. The van der Waals surface area contributed by atoms with Crippen LogP contribution in [-0.2, 0) is 5.92 Å². The Morgan fingerprint density at radius 3 is 2.60 bits per heavy atom. The summed E-state index contributed by atoms with van der Waals surface area (Å²) in [6.45, 7) is -0.675. The molecule has 0 aliphatic rings. The van der Waals surface area contributed by atoms with Crippen LogP contribution < -0.4 is 0 Å². The molecule has 0 aliphatic carbocycles. The van der Waals surface area contributed by atoms with Crippen molar-refractivity contribution in [1.29, 1.82) is 0 Å². The maximum absolute atomic E-state index is 13.1. The molecule has 0 saturated heterocycles. The number of aromatic nitrogens is 1. The van der Waals surface area contributed by atoms with E-state index in [9.17, 15) is 18.9 Å². The Morgan fingerprint density at radius 2 is 2.20 bits per heavy atom. The second-order valence-corrected chi connectivity index (χ2v) is 2.84. The predicted molar refractivity (Wildman–Crippen MR) is 46.5 cm³/mol. The third kappa shape index (κ3) is 2.66. The Balaban J connectivity index is 2.93. The number of nitrogens with zero attached hydrogens (tertiary/aromatic N) is 2. The fourth-order valence-electron chi connectivity index (χ4n) is 0.979. The van der Waals surface area contributed by atoms with Crippen LogP contribution in [-0.4, -0.2) is 21.6 Å². The summed E-state index contributed by atoms with van der Waals surface area (Å²) in [7, 11) is 0. The molecular weight excluding hydrogens is 210 g/mol. The van der Waals surface area contributed by atoms with E-state index in [0.29, 0.717) is 0 Å². The molecule has 1 rings (SSSR count). The van der Waals surface area contributed by atoms with Crippen LogP contribution in [0.2, 0.25) is 0 Å². The van der Waals surface area contributed by atoms with Crippen LogP contribution in [0.1, 0.15) is 12.1 Å². The van der Waals surface area contributed by atoms with Gasteiger partial charge in [0.25, 0.3) is 11.6 Å². The summed E-state index contributed by atoms with van der Waals surface area (Å²) in [4.78, 5) is 12.8. The van der Waals surface area contributed by atoms with Crippen LogP contribution in [0.3, 0.4) is 0 Å². The predicted octanol–water partition coefficient (Wildman–Crippen LogP) is 1.46. The summed E-state index contributed by atoms with van der Waals surface area (Å²) in [6, 6.07) is 1.83. The number of pyridine rings is 1. The van der Waals surface area contributed by atoms with Crippen LogP contribution >= 0.6 is 0 Å². The van der Waals surface area contributed by atoms with E-state index in [2.05, 4.69) is 4.98 Å². The first-order valence-electron chi connectivity index (χ1n) is 4.07. The van der Waals surface area contributed by atoms with Crippen molar-refractivity contribution in [1.82, 2.24) is 4.98 Å². The van der Waals surface area contributed by atoms with E-state index in [0.717, 1.165) is 18.3 Å². The number of rotatable bonds is 4. The maximum Gasteiger partial charge on any atom is 0.291 e.